The number of methoxy groups -OCH3 is 1. The number of amides is 1. The second-order valence-corrected chi connectivity index (χ2v) is 6.97. The minimum atomic E-state index is 0.0147. The topological polar surface area (TPSA) is 42.0 Å². The van der Waals surface area contributed by atoms with Crippen LogP contribution in [0.3, 0.4) is 0 Å². The summed E-state index contributed by atoms with van der Waals surface area (Å²) in [6.07, 6.45) is 0. The molecule has 2 aromatic rings. The Labute approximate surface area is 165 Å². The molecule has 2 aromatic carbocycles. The summed E-state index contributed by atoms with van der Waals surface area (Å²) >= 11 is 5.99. The van der Waals surface area contributed by atoms with E-state index in [9.17, 15) is 4.79 Å². The van der Waals surface area contributed by atoms with Crippen molar-refractivity contribution in [2.24, 2.45) is 0 Å². The number of ether oxygens (including phenoxy) is 2. The highest BCUT2D eigenvalue weighted by molar-refractivity contribution is 6.30. The molecule has 5 nitrogen and oxygen atoms in total. The van der Waals surface area contributed by atoms with E-state index in [2.05, 4.69) is 4.90 Å². The fraction of sp³-hybridized carbons (Fsp3) is 0.381. The third-order valence-electron chi connectivity index (χ3n) is 4.70. The molecule has 0 unspecified atom stereocenters. The molecular weight excluding hydrogens is 364 g/mol. The molecule has 0 radical (unpaired) electrons. The standard InChI is InChI=1S/C21H25ClN2O3/c1-26-20-8-4-18(5-9-20)21(25)24(11-10-23-12-14-27-15-13-23)16-17-2-6-19(22)7-3-17/h2-9H,10-16H2,1H3. The Morgan fingerprint density at radius 1 is 1.11 bits per heavy atom. The van der Waals surface area contributed by atoms with Crippen LogP contribution in [0.25, 0.3) is 0 Å². The molecular formula is C21H25ClN2O3. The molecule has 0 saturated carbocycles. The average molecular weight is 389 g/mol. The Bertz CT molecular complexity index is 728. The van der Waals surface area contributed by atoms with E-state index in [0.717, 1.165) is 44.2 Å². The van der Waals surface area contributed by atoms with E-state index < -0.39 is 0 Å². The molecule has 1 saturated heterocycles. The summed E-state index contributed by atoms with van der Waals surface area (Å²) in [5, 5.41) is 0.695. The van der Waals surface area contributed by atoms with E-state index in [1.54, 1.807) is 7.11 Å². The summed E-state index contributed by atoms with van der Waals surface area (Å²) in [4.78, 5) is 17.3. The summed E-state index contributed by atoms with van der Waals surface area (Å²) in [5.74, 6) is 0.755. The molecule has 0 bridgehead atoms. The van der Waals surface area contributed by atoms with E-state index in [0.29, 0.717) is 23.7 Å². The lowest BCUT2D eigenvalue weighted by Gasteiger charge is -2.30. The summed E-state index contributed by atoms with van der Waals surface area (Å²) in [6.45, 7) is 5.36. The number of nitrogens with zero attached hydrogens (tertiary/aromatic N) is 2. The number of hydrogen-bond donors (Lipinski definition) is 0. The number of hydrogen-bond acceptors (Lipinski definition) is 4. The maximum atomic E-state index is 13.1. The van der Waals surface area contributed by atoms with Crippen LogP contribution < -0.4 is 4.74 Å². The van der Waals surface area contributed by atoms with Crippen LogP contribution in [0.1, 0.15) is 15.9 Å². The number of halogens is 1. The zero-order valence-corrected chi connectivity index (χ0v) is 16.3. The normalized spacial score (nSPS) is 14.7. The van der Waals surface area contributed by atoms with Crippen molar-refractivity contribution in [1.29, 1.82) is 0 Å². The molecule has 6 heteroatoms. The van der Waals surface area contributed by atoms with E-state index in [1.807, 2.05) is 53.4 Å². The van der Waals surface area contributed by atoms with Crippen molar-refractivity contribution in [1.82, 2.24) is 9.80 Å². The van der Waals surface area contributed by atoms with Gasteiger partial charge in [0.25, 0.3) is 5.91 Å². The molecule has 1 aliphatic rings. The predicted molar refractivity (Wildman–Crippen MR) is 106 cm³/mol. The molecule has 0 aliphatic carbocycles. The highest BCUT2D eigenvalue weighted by Gasteiger charge is 2.18. The van der Waals surface area contributed by atoms with Gasteiger partial charge in [-0.3, -0.25) is 9.69 Å². The highest BCUT2D eigenvalue weighted by atomic mass is 35.5. The lowest BCUT2D eigenvalue weighted by Crippen LogP contribution is -2.42. The van der Waals surface area contributed by atoms with Gasteiger partial charge in [-0.2, -0.15) is 0 Å². The Morgan fingerprint density at radius 2 is 1.78 bits per heavy atom. The number of benzene rings is 2. The monoisotopic (exact) mass is 388 g/mol. The van der Waals surface area contributed by atoms with Crippen LogP contribution in [-0.2, 0) is 11.3 Å². The third-order valence-corrected chi connectivity index (χ3v) is 4.95. The van der Waals surface area contributed by atoms with Crippen molar-refractivity contribution >= 4 is 17.5 Å². The number of carbonyl (C=O) groups excluding carboxylic acids is 1. The van der Waals surface area contributed by atoms with Gasteiger partial charge in [-0.05, 0) is 42.0 Å². The molecule has 0 aromatic heterocycles. The minimum Gasteiger partial charge on any atom is -0.497 e. The number of morpholine rings is 1. The average Bonchev–Trinajstić information content (AvgIpc) is 2.73. The van der Waals surface area contributed by atoms with Crippen molar-refractivity contribution in [2.45, 2.75) is 6.54 Å². The first kappa shape index (κ1) is 19.7. The van der Waals surface area contributed by atoms with E-state index in [1.165, 1.54) is 0 Å². The van der Waals surface area contributed by atoms with Gasteiger partial charge in [0.1, 0.15) is 5.75 Å². The molecule has 27 heavy (non-hydrogen) atoms. The first-order valence-electron chi connectivity index (χ1n) is 9.13. The van der Waals surface area contributed by atoms with Crippen LogP contribution in [0.5, 0.6) is 5.75 Å². The Morgan fingerprint density at radius 3 is 2.41 bits per heavy atom. The van der Waals surface area contributed by atoms with Crippen LogP contribution in [0.4, 0.5) is 0 Å². The van der Waals surface area contributed by atoms with E-state index in [-0.39, 0.29) is 5.91 Å². The Hall–Kier alpha value is -2.08. The summed E-state index contributed by atoms with van der Waals surface area (Å²) in [7, 11) is 1.62. The molecule has 1 aliphatic heterocycles. The van der Waals surface area contributed by atoms with E-state index in [4.69, 9.17) is 21.1 Å². The second kappa shape index (κ2) is 9.74. The fourth-order valence-corrected chi connectivity index (χ4v) is 3.19. The van der Waals surface area contributed by atoms with Gasteiger partial charge in [-0.15, -0.1) is 0 Å². The van der Waals surface area contributed by atoms with Crippen LogP contribution >= 0.6 is 11.6 Å². The maximum absolute atomic E-state index is 13.1. The summed E-state index contributed by atoms with van der Waals surface area (Å²) in [5.41, 5.74) is 1.72. The Kier molecular flexibility index (Phi) is 7.10. The largest absolute Gasteiger partial charge is 0.497 e. The first-order valence-corrected chi connectivity index (χ1v) is 9.51. The Balaban J connectivity index is 1.72. The molecule has 1 amide bonds. The van der Waals surface area contributed by atoms with Crippen molar-refractivity contribution in [3.8, 4) is 5.75 Å². The van der Waals surface area contributed by atoms with Crippen molar-refractivity contribution in [3.63, 3.8) is 0 Å². The zero-order valence-electron chi connectivity index (χ0n) is 15.6. The van der Waals surface area contributed by atoms with Crippen LogP contribution in [0, 0.1) is 0 Å². The van der Waals surface area contributed by atoms with Gasteiger partial charge < -0.3 is 14.4 Å². The van der Waals surface area contributed by atoms with Crippen LogP contribution in [0.15, 0.2) is 48.5 Å². The minimum absolute atomic E-state index is 0.0147. The van der Waals surface area contributed by atoms with Crippen molar-refractivity contribution in [3.05, 3.63) is 64.7 Å². The number of rotatable bonds is 7. The molecule has 144 valence electrons. The van der Waals surface area contributed by atoms with Gasteiger partial charge in [0.2, 0.25) is 0 Å². The molecule has 0 atom stereocenters. The first-order chi connectivity index (χ1) is 13.2. The van der Waals surface area contributed by atoms with Gasteiger partial charge in [-0.25, -0.2) is 0 Å². The summed E-state index contributed by atoms with van der Waals surface area (Å²) < 4.78 is 10.6. The van der Waals surface area contributed by atoms with Gasteiger partial charge in [0, 0.05) is 43.3 Å². The maximum Gasteiger partial charge on any atom is 0.254 e. The number of carbonyl (C=O) groups is 1. The van der Waals surface area contributed by atoms with Gasteiger partial charge >= 0.3 is 0 Å². The smallest absolute Gasteiger partial charge is 0.254 e. The van der Waals surface area contributed by atoms with Crippen molar-refractivity contribution < 1.29 is 14.3 Å². The van der Waals surface area contributed by atoms with Crippen LogP contribution in [-0.4, -0.2) is 62.2 Å². The quantitative estimate of drug-likeness (QED) is 0.729. The van der Waals surface area contributed by atoms with Gasteiger partial charge in [0.15, 0.2) is 0 Å². The molecule has 1 fully saturated rings. The third kappa shape index (κ3) is 5.70. The molecule has 0 N–H and O–H groups in total. The van der Waals surface area contributed by atoms with E-state index >= 15 is 0 Å². The lowest BCUT2D eigenvalue weighted by atomic mass is 10.1. The molecule has 1 heterocycles. The fourth-order valence-electron chi connectivity index (χ4n) is 3.07. The van der Waals surface area contributed by atoms with Gasteiger partial charge in [-0.1, -0.05) is 23.7 Å². The predicted octanol–water partition coefficient (Wildman–Crippen LogP) is 3.32. The highest BCUT2D eigenvalue weighted by Crippen LogP contribution is 2.16. The molecule has 3 rings (SSSR count). The van der Waals surface area contributed by atoms with Crippen LogP contribution in [0.2, 0.25) is 5.02 Å². The zero-order chi connectivity index (χ0) is 19.1. The second-order valence-electron chi connectivity index (χ2n) is 6.54. The SMILES string of the molecule is COc1ccc(C(=O)N(CCN2CCOCC2)Cc2ccc(Cl)cc2)cc1. The van der Waals surface area contributed by atoms with Gasteiger partial charge in [0.05, 0.1) is 20.3 Å². The van der Waals surface area contributed by atoms with Crippen molar-refractivity contribution in [2.75, 3.05) is 46.5 Å². The molecule has 0 spiro atoms. The summed E-state index contributed by atoms with van der Waals surface area (Å²) in [6, 6.07) is 14.9. The lowest BCUT2D eigenvalue weighted by molar-refractivity contribution is 0.0320.